The van der Waals surface area contributed by atoms with Gasteiger partial charge in [-0.25, -0.2) is 0 Å². The molecule has 1 aromatic carbocycles. The normalized spacial score (nSPS) is 31.7. The number of nitrogens with zero attached hydrogens (tertiary/aromatic N) is 1. The highest BCUT2D eigenvalue weighted by atomic mass is 16.4. The number of ketones is 2. The molecule has 192 valence electrons. The zero-order valence-corrected chi connectivity index (χ0v) is 19.9. The summed E-state index contributed by atoms with van der Waals surface area (Å²) in [4.78, 5) is 52.1. The van der Waals surface area contributed by atoms with Gasteiger partial charge < -0.3 is 36.6 Å². The summed E-state index contributed by atoms with van der Waals surface area (Å²) in [5.41, 5.74) is 0.951. The first-order valence-corrected chi connectivity index (χ1v) is 11.1. The van der Waals surface area contributed by atoms with Crippen molar-refractivity contribution in [3.8, 4) is 5.75 Å². The van der Waals surface area contributed by atoms with Gasteiger partial charge in [-0.1, -0.05) is 6.92 Å². The van der Waals surface area contributed by atoms with Crippen LogP contribution in [0.2, 0.25) is 0 Å². The summed E-state index contributed by atoms with van der Waals surface area (Å²) in [6.07, 6.45) is -1.71. The molecule has 0 saturated heterocycles. The van der Waals surface area contributed by atoms with Gasteiger partial charge in [-0.05, 0) is 37.7 Å². The summed E-state index contributed by atoms with van der Waals surface area (Å²) in [6.45, 7) is 2.84. The molecule has 4 rings (SSSR count). The molecule has 1 aromatic rings. The number of anilines is 1. The van der Waals surface area contributed by atoms with Gasteiger partial charge in [-0.3, -0.25) is 24.1 Å². The molecule has 2 amide bonds. The smallest absolute Gasteiger partial charge is 0.255 e. The van der Waals surface area contributed by atoms with Crippen LogP contribution in [-0.4, -0.2) is 85.7 Å². The highest BCUT2D eigenvalue weighted by Gasteiger charge is 2.67. The molecule has 0 heterocycles. The second-order valence-electron chi connectivity index (χ2n) is 9.65. The first-order valence-electron chi connectivity index (χ1n) is 11.1. The number of hydrogen-bond acceptors (Lipinski definition) is 10. The molecular formula is C24H27N3O9. The predicted molar refractivity (Wildman–Crippen MR) is 124 cm³/mol. The summed E-state index contributed by atoms with van der Waals surface area (Å²) < 4.78 is 0. The van der Waals surface area contributed by atoms with Crippen molar-refractivity contribution in [1.82, 2.24) is 4.90 Å². The second kappa shape index (κ2) is 8.15. The van der Waals surface area contributed by atoms with E-state index in [4.69, 9.17) is 5.73 Å². The molecule has 3 aliphatic carbocycles. The first-order chi connectivity index (χ1) is 16.7. The summed E-state index contributed by atoms with van der Waals surface area (Å²) >= 11 is 0. The van der Waals surface area contributed by atoms with Gasteiger partial charge in [-0.15, -0.1) is 0 Å². The summed E-state index contributed by atoms with van der Waals surface area (Å²) in [5, 5.41) is 58.4. The number of nitrogens with two attached hydrogens (primary N) is 1. The lowest BCUT2D eigenvalue weighted by atomic mass is 9.55. The first kappa shape index (κ1) is 25.4. The lowest BCUT2D eigenvalue weighted by molar-refractivity contribution is -0.162. The van der Waals surface area contributed by atoms with Crippen LogP contribution in [0.1, 0.15) is 35.7 Å². The quantitative estimate of drug-likeness (QED) is 0.211. The van der Waals surface area contributed by atoms with Crippen LogP contribution in [0.5, 0.6) is 5.75 Å². The third-order valence-corrected chi connectivity index (χ3v) is 7.42. The van der Waals surface area contributed by atoms with Crippen molar-refractivity contribution in [2.24, 2.45) is 17.6 Å². The van der Waals surface area contributed by atoms with Crippen LogP contribution in [0.15, 0.2) is 34.8 Å². The number of phenols is 1. The average Bonchev–Trinajstić information content (AvgIpc) is 2.76. The van der Waals surface area contributed by atoms with E-state index in [2.05, 4.69) is 5.32 Å². The van der Waals surface area contributed by atoms with E-state index in [0.717, 1.165) is 0 Å². The van der Waals surface area contributed by atoms with Crippen LogP contribution < -0.4 is 11.1 Å². The molecule has 0 fully saturated rings. The zero-order chi connectivity index (χ0) is 27.0. The summed E-state index contributed by atoms with van der Waals surface area (Å²) in [6, 6.07) is 1.21. The molecule has 8 N–H and O–H groups in total. The number of aliphatic hydroxyl groups is 4. The van der Waals surface area contributed by atoms with Gasteiger partial charge in [0.15, 0.2) is 11.4 Å². The number of amides is 2. The number of Topliss-reactive ketones (excluding diaryl/α,β-unsaturated/α-hetero) is 2. The number of hydrogen-bond donors (Lipinski definition) is 7. The highest BCUT2D eigenvalue weighted by molar-refractivity contribution is 6.25. The van der Waals surface area contributed by atoms with Gasteiger partial charge >= 0.3 is 0 Å². The molecule has 0 saturated carbocycles. The van der Waals surface area contributed by atoms with Crippen LogP contribution >= 0.6 is 0 Å². The molecule has 0 aliphatic heterocycles. The number of carbonyl (C=O) groups is 4. The summed E-state index contributed by atoms with van der Waals surface area (Å²) in [5.74, 6) is -10.3. The number of phenolic OH excluding ortho intramolecular Hbond substituents is 1. The number of rotatable bonds is 3. The van der Waals surface area contributed by atoms with Crippen molar-refractivity contribution in [3.63, 3.8) is 0 Å². The van der Waals surface area contributed by atoms with Crippen molar-refractivity contribution in [2.75, 3.05) is 19.4 Å². The van der Waals surface area contributed by atoms with Gasteiger partial charge in [0.2, 0.25) is 11.7 Å². The molecule has 36 heavy (non-hydrogen) atoms. The average molecular weight is 501 g/mol. The number of carbonyl (C=O) groups excluding carboxylic acids is 4. The lowest BCUT2D eigenvalue weighted by Crippen LogP contribution is -2.68. The minimum absolute atomic E-state index is 0.197. The van der Waals surface area contributed by atoms with E-state index in [1.54, 1.807) is 6.92 Å². The molecule has 0 aromatic heterocycles. The van der Waals surface area contributed by atoms with E-state index in [1.165, 1.54) is 38.1 Å². The molecule has 0 bridgehead atoms. The summed E-state index contributed by atoms with van der Waals surface area (Å²) in [7, 11) is 2.91. The Kier molecular flexibility index (Phi) is 5.74. The van der Waals surface area contributed by atoms with Crippen molar-refractivity contribution in [1.29, 1.82) is 0 Å². The molecule has 12 heteroatoms. The molecule has 3 aliphatic rings. The van der Waals surface area contributed by atoms with E-state index in [9.17, 15) is 44.7 Å². The van der Waals surface area contributed by atoms with Crippen molar-refractivity contribution >= 4 is 29.1 Å². The van der Waals surface area contributed by atoms with E-state index in [-0.39, 0.29) is 16.8 Å². The fourth-order valence-corrected chi connectivity index (χ4v) is 6.00. The molecule has 6 unspecified atom stereocenters. The topological polar surface area (TPSA) is 211 Å². The number of primary amides is 1. The Morgan fingerprint density at radius 2 is 1.75 bits per heavy atom. The lowest BCUT2D eigenvalue weighted by Gasteiger charge is -2.53. The number of likely N-dealkylation sites (N-methyl/N-ethyl adjacent to an activating group) is 1. The van der Waals surface area contributed by atoms with Crippen molar-refractivity contribution < 1.29 is 44.7 Å². The molecule has 0 spiro atoms. The van der Waals surface area contributed by atoms with E-state index in [1.807, 2.05) is 0 Å². The Hall–Kier alpha value is -3.74. The van der Waals surface area contributed by atoms with Crippen molar-refractivity contribution in [3.05, 3.63) is 45.9 Å². The minimum atomic E-state index is -2.98. The zero-order valence-electron chi connectivity index (χ0n) is 19.9. The van der Waals surface area contributed by atoms with Gasteiger partial charge in [0, 0.05) is 24.1 Å². The fraction of sp³-hybridized carbons (Fsp3) is 0.417. The monoisotopic (exact) mass is 501 g/mol. The molecule has 0 radical (unpaired) electrons. The van der Waals surface area contributed by atoms with Crippen molar-refractivity contribution in [2.45, 2.75) is 37.5 Å². The van der Waals surface area contributed by atoms with Crippen LogP contribution in [0.4, 0.5) is 5.69 Å². The van der Waals surface area contributed by atoms with E-state index in [0.29, 0.717) is 0 Å². The van der Waals surface area contributed by atoms with Gasteiger partial charge in [0.05, 0.1) is 23.6 Å². The second-order valence-corrected chi connectivity index (χ2v) is 9.65. The Bertz CT molecular complexity index is 1300. The van der Waals surface area contributed by atoms with Gasteiger partial charge in [-0.2, -0.15) is 0 Å². The number of fused-ring (bicyclic) bond motifs is 3. The van der Waals surface area contributed by atoms with E-state index >= 15 is 0 Å². The number of nitrogens with one attached hydrogen (secondary N) is 1. The minimum Gasteiger partial charge on any atom is -0.510 e. The number of benzene rings is 1. The number of aromatic hydroxyl groups is 1. The SMILES string of the molecule is CC(=O)Nc1ccc(O)c2c1C(C)C1C(=C(O)C3(O)C(=O)C(C(N)=O)=C(O)C(N(C)C)C3C1O)C2=O. The van der Waals surface area contributed by atoms with Crippen LogP contribution in [0.25, 0.3) is 0 Å². The fourth-order valence-electron chi connectivity index (χ4n) is 6.00. The molecular weight excluding hydrogens is 474 g/mol. The Morgan fingerprint density at radius 1 is 1.14 bits per heavy atom. The Morgan fingerprint density at radius 3 is 2.28 bits per heavy atom. The number of aliphatic hydroxyl groups excluding tert-OH is 3. The standard InChI is InChI=1S/C24H27N3O9/c1-7-11-9(26-8(2)28)5-6-10(29)13(11)18(30)14-12(7)19(31)16-17(27(3)4)20(32)15(23(25)35)22(34)24(16,36)21(14)33/h5-7,12,16-17,19,29,31-33,36H,1-4H3,(H2,25,35)(H,26,28). The maximum atomic E-state index is 13.6. The third kappa shape index (κ3) is 3.11. The molecule has 12 nitrogen and oxygen atoms in total. The van der Waals surface area contributed by atoms with E-state index < -0.39 is 87.3 Å². The molecule has 6 atom stereocenters. The highest BCUT2D eigenvalue weighted by Crippen LogP contribution is 2.56. The van der Waals surface area contributed by atoms with Crippen LogP contribution in [0, 0.1) is 11.8 Å². The maximum absolute atomic E-state index is 13.6. The van der Waals surface area contributed by atoms with Gasteiger partial charge in [0.25, 0.3) is 5.91 Å². The third-order valence-electron chi connectivity index (χ3n) is 7.42. The van der Waals surface area contributed by atoms with Gasteiger partial charge in [0.1, 0.15) is 22.8 Å². The van der Waals surface area contributed by atoms with Crippen LogP contribution in [0.3, 0.4) is 0 Å². The Balaban J connectivity index is 2.05. The Labute approximate surface area is 205 Å². The largest absolute Gasteiger partial charge is 0.510 e. The maximum Gasteiger partial charge on any atom is 0.255 e. The van der Waals surface area contributed by atoms with Crippen LogP contribution in [-0.2, 0) is 14.4 Å². The predicted octanol–water partition coefficient (Wildman–Crippen LogP) is -0.389.